The fourth-order valence-electron chi connectivity index (χ4n) is 6.48. The fraction of sp³-hybridized carbons (Fsp3) is 0.545. The Morgan fingerprint density at radius 2 is 1.86 bits per heavy atom. The first kappa shape index (κ1) is 27.9. The van der Waals surface area contributed by atoms with Crippen molar-refractivity contribution in [2.75, 3.05) is 24.7 Å². The van der Waals surface area contributed by atoms with Gasteiger partial charge in [-0.3, -0.25) is 28.0 Å². The van der Waals surface area contributed by atoms with Gasteiger partial charge in [-0.15, -0.1) is 0 Å². The number of hydrogen-bond acceptors (Lipinski definition) is 17. The smallest absolute Gasteiger partial charge is 0.394 e. The summed E-state index contributed by atoms with van der Waals surface area (Å²) >= 11 is 0. The van der Waals surface area contributed by atoms with Crippen molar-refractivity contribution in [3.05, 3.63) is 29.3 Å². The number of ether oxygens (including phenoxy) is 3. The summed E-state index contributed by atoms with van der Waals surface area (Å²) in [6, 6.07) is 0. The minimum absolute atomic E-state index is 0.0635. The zero-order valence-corrected chi connectivity index (χ0v) is 23.2. The van der Waals surface area contributed by atoms with Crippen LogP contribution in [0.5, 0.6) is 0 Å². The predicted molar refractivity (Wildman–Crippen MR) is 141 cm³/mol. The van der Waals surface area contributed by atoms with Gasteiger partial charge < -0.3 is 45.9 Å². The summed E-state index contributed by atoms with van der Waals surface area (Å²) in [5.74, 6) is -0.0920. The number of imidazole rings is 2. The van der Waals surface area contributed by atoms with Crippen LogP contribution in [0.4, 0.5) is 11.8 Å². The molecule has 21 nitrogen and oxygen atoms in total. The molecule has 0 spiro atoms. The van der Waals surface area contributed by atoms with E-state index in [1.165, 1.54) is 21.8 Å². The van der Waals surface area contributed by atoms with Crippen LogP contribution in [0.2, 0.25) is 0 Å². The number of fused-ring (bicyclic) bond motifs is 2. The van der Waals surface area contributed by atoms with Crippen molar-refractivity contribution in [1.29, 1.82) is 0 Å². The molecule has 0 aromatic carbocycles. The third kappa shape index (κ3) is 3.64. The molecule has 10 atom stereocenters. The number of phosphoric ester groups is 1. The van der Waals surface area contributed by atoms with Gasteiger partial charge in [0, 0.05) is 6.42 Å². The fourth-order valence-corrected chi connectivity index (χ4v) is 7.45. The Labute approximate surface area is 243 Å². The summed E-state index contributed by atoms with van der Waals surface area (Å²) in [6.07, 6.45) is -4.35. The average molecular weight is 636 g/mol. The van der Waals surface area contributed by atoms with Gasteiger partial charge in [0.25, 0.3) is 5.56 Å². The normalized spacial score (nSPS) is 37.1. The number of nitrogen functional groups attached to an aromatic ring is 2. The summed E-state index contributed by atoms with van der Waals surface area (Å²) < 4.78 is 44.5. The first-order valence-corrected chi connectivity index (χ1v) is 14.8. The second kappa shape index (κ2) is 9.20. The second-order valence-electron chi connectivity index (χ2n) is 11.0. The van der Waals surface area contributed by atoms with Crippen LogP contribution in [0.15, 0.2) is 23.8 Å². The van der Waals surface area contributed by atoms with Gasteiger partial charge in [-0.25, -0.2) is 24.5 Å². The van der Waals surface area contributed by atoms with Crippen LogP contribution < -0.4 is 17.0 Å². The molecule has 1 saturated carbocycles. The van der Waals surface area contributed by atoms with Crippen LogP contribution in [0, 0.1) is 0 Å². The van der Waals surface area contributed by atoms with Crippen molar-refractivity contribution in [2.45, 2.75) is 60.6 Å². The standard InChI is InChI=1S/C22H25N10O11P/c23-14-9-15(26-4-25-14)31(5-27-9)19-13-22(36)8(41-13)1-21(22,42-19)3-39-44(37,38)43-12-11(34)7(2-33)40-18(12)32-6-28-10-16(32)29-20(24)30-17(10)35/h4-8,11-13,18-19,33-34,36H,1-3H2,(H,37,38)(H2,23,25,26)(H3,24,29,30,35)/t7-,8-,11?,12?,13?,18-,19-,21-,22?/m1/s1. The Morgan fingerprint density at radius 3 is 2.61 bits per heavy atom. The van der Waals surface area contributed by atoms with Gasteiger partial charge in [0.2, 0.25) is 5.95 Å². The van der Waals surface area contributed by atoms with E-state index in [1.807, 2.05) is 0 Å². The number of aliphatic hydroxyl groups is 3. The molecule has 4 fully saturated rings. The summed E-state index contributed by atoms with van der Waals surface area (Å²) in [5.41, 5.74) is 8.33. The van der Waals surface area contributed by atoms with Crippen molar-refractivity contribution in [2.24, 2.45) is 0 Å². The lowest BCUT2D eigenvalue weighted by atomic mass is 9.58. The average Bonchev–Trinajstić information content (AvgIpc) is 3.67. The van der Waals surface area contributed by atoms with E-state index in [9.17, 15) is 29.6 Å². The second-order valence-corrected chi connectivity index (χ2v) is 12.4. The van der Waals surface area contributed by atoms with E-state index in [0.29, 0.717) is 11.2 Å². The number of hydrogen-bond donors (Lipinski definition) is 7. The number of nitrogens with one attached hydrogen (secondary N) is 1. The molecule has 0 bridgehead atoms. The molecule has 44 heavy (non-hydrogen) atoms. The van der Waals surface area contributed by atoms with Crippen LogP contribution >= 0.6 is 7.82 Å². The molecular formula is C22H25N10O11P. The van der Waals surface area contributed by atoms with Crippen molar-refractivity contribution in [3.8, 4) is 0 Å². The van der Waals surface area contributed by atoms with Crippen molar-refractivity contribution < 1.29 is 48.0 Å². The Balaban J connectivity index is 1.04. The monoisotopic (exact) mass is 636 g/mol. The Hall–Kier alpha value is -3.63. The first-order valence-electron chi connectivity index (χ1n) is 13.3. The quantitative estimate of drug-likeness (QED) is 0.0950. The lowest BCUT2D eigenvalue weighted by Gasteiger charge is -2.63. The molecule has 3 saturated heterocycles. The number of aromatic amines is 1. The Kier molecular flexibility index (Phi) is 5.83. The van der Waals surface area contributed by atoms with Crippen LogP contribution in [0.25, 0.3) is 22.3 Å². The van der Waals surface area contributed by atoms with Crippen LogP contribution in [-0.4, -0.2) is 114 Å². The third-order valence-corrected chi connectivity index (χ3v) is 9.65. The maximum atomic E-state index is 13.3. The maximum absolute atomic E-state index is 13.3. The number of H-pyrrole nitrogens is 1. The largest absolute Gasteiger partial charge is 0.472 e. The SMILES string of the molecule is Nc1nc2c(ncn2[C@@H]2O[C@H](CO)C(O)C2OP(=O)(O)OC[C@@]23C[C@H]4OC([C@H](n5cnc6c(N)ncnc65)O2)C43O)c(=O)[nH]1. The number of nitrogens with two attached hydrogens (primary N) is 2. The highest BCUT2D eigenvalue weighted by Gasteiger charge is 2.84. The van der Waals surface area contributed by atoms with Gasteiger partial charge in [-0.05, 0) is 0 Å². The zero-order chi connectivity index (χ0) is 30.8. The maximum Gasteiger partial charge on any atom is 0.472 e. The minimum Gasteiger partial charge on any atom is -0.394 e. The third-order valence-electron chi connectivity index (χ3n) is 8.68. The lowest BCUT2D eigenvalue weighted by Crippen LogP contribution is -2.83. The molecule has 8 rings (SSSR count). The van der Waals surface area contributed by atoms with E-state index in [4.69, 9.17) is 34.7 Å². The molecule has 234 valence electrons. The predicted octanol–water partition coefficient (Wildman–Crippen LogP) is -2.95. The molecule has 0 radical (unpaired) electrons. The Morgan fingerprint density at radius 1 is 1.11 bits per heavy atom. The van der Waals surface area contributed by atoms with Gasteiger partial charge >= 0.3 is 7.82 Å². The number of phosphoric acid groups is 1. The van der Waals surface area contributed by atoms with Crippen molar-refractivity contribution in [3.63, 3.8) is 0 Å². The number of anilines is 2. The molecule has 3 aliphatic heterocycles. The van der Waals surface area contributed by atoms with E-state index in [2.05, 4.69) is 29.9 Å². The van der Waals surface area contributed by atoms with E-state index in [-0.39, 0.29) is 29.4 Å². The van der Waals surface area contributed by atoms with Crippen LogP contribution in [-0.2, 0) is 27.8 Å². The Bertz CT molecular complexity index is 1920. The first-order chi connectivity index (χ1) is 21.0. The highest BCUT2D eigenvalue weighted by atomic mass is 31.2. The minimum atomic E-state index is -5.04. The van der Waals surface area contributed by atoms with Gasteiger partial charge in [0.1, 0.15) is 41.9 Å². The molecule has 22 heteroatoms. The van der Waals surface area contributed by atoms with E-state index < -0.39 is 80.8 Å². The molecule has 1 aliphatic carbocycles. The summed E-state index contributed by atoms with van der Waals surface area (Å²) in [4.78, 5) is 45.7. The highest BCUT2D eigenvalue weighted by molar-refractivity contribution is 7.47. The van der Waals surface area contributed by atoms with Gasteiger partial charge in [-0.2, -0.15) is 4.98 Å². The summed E-state index contributed by atoms with van der Waals surface area (Å²) in [5, 5.41) is 32.1. The van der Waals surface area contributed by atoms with Gasteiger partial charge in [-0.1, -0.05) is 0 Å². The molecule has 4 aliphatic rings. The van der Waals surface area contributed by atoms with Crippen LogP contribution in [0.1, 0.15) is 18.9 Å². The van der Waals surface area contributed by atoms with Crippen molar-refractivity contribution >= 4 is 41.9 Å². The molecule has 5 unspecified atom stereocenters. The molecular weight excluding hydrogens is 611 g/mol. The van der Waals surface area contributed by atoms with E-state index in [1.54, 1.807) is 0 Å². The summed E-state index contributed by atoms with van der Waals surface area (Å²) in [6.45, 7) is -1.28. The van der Waals surface area contributed by atoms with Gasteiger partial charge in [0.15, 0.2) is 40.7 Å². The molecule has 7 heterocycles. The number of aliphatic hydroxyl groups excluding tert-OH is 2. The molecule has 9 N–H and O–H groups in total. The van der Waals surface area contributed by atoms with Gasteiger partial charge in [0.05, 0.1) is 32.0 Å². The lowest BCUT2D eigenvalue weighted by molar-refractivity contribution is -0.373. The molecule has 4 aromatic rings. The molecule has 4 aromatic heterocycles. The molecule has 0 amide bonds. The zero-order valence-electron chi connectivity index (χ0n) is 22.3. The number of nitrogens with zero attached hydrogens (tertiary/aromatic N) is 7. The van der Waals surface area contributed by atoms with E-state index in [0.717, 1.165) is 6.33 Å². The number of rotatable bonds is 8. The van der Waals surface area contributed by atoms with Crippen molar-refractivity contribution in [1.82, 2.24) is 39.0 Å². The number of aromatic nitrogens is 8. The van der Waals surface area contributed by atoms with Crippen LogP contribution in [0.3, 0.4) is 0 Å². The van der Waals surface area contributed by atoms with E-state index >= 15 is 0 Å². The summed E-state index contributed by atoms with van der Waals surface area (Å²) in [7, 11) is -5.04. The topological polar surface area (TPSA) is 303 Å². The highest BCUT2D eigenvalue weighted by Crippen LogP contribution is 2.67.